The molecule has 1 aromatic carbocycles. The van der Waals surface area contributed by atoms with E-state index in [-0.39, 0.29) is 0 Å². The highest BCUT2D eigenvalue weighted by Gasteiger charge is 1.98. The number of benzene rings is 1. The molecule has 0 fully saturated rings. The summed E-state index contributed by atoms with van der Waals surface area (Å²) in [7, 11) is 4.08. The molecule has 0 amide bonds. The second-order valence-electron chi connectivity index (χ2n) is 4.32. The fourth-order valence-electron chi connectivity index (χ4n) is 1.53. The molecular weight excluding hydrogens is 194 g/mol. The minimum absolute atomic E-state index is 1.01. The molecule has 0 aliphatic carbocycles. The molecule has 0 atom stereocenters. The van der Waals surface area contributed by atoms with Crippen molar-refractivity contribution in [3.8, 4) is 0 Å². The predicted molar refractivity (Wildman–Crippen MR) is 72.2 cm³/mol. The number of allylic oxidation sites excluding steroid dienone is 3. The highest BCUT2D eigenvalue weighted by atomic mass is 15.0. The highest BCUT2D eigenvalue weighted by molar-refractivity contribution is 5.66. The minimum atomic E-state index is 1.01. The Labute approximate surface area is 99.1 Å². The Kier molecular flexibility index (Phi) is 4.84. The zero-order valence-electron chi connectivity index (χ0n) is 10.7. The molecule has 0 aromatic heterocycles. The van der Waals surface area contributed by atoms with Crippen LogP contribution in [-0.2, 0) is 0 Å². The maximum absolute atomic E-state index is 2.20. The van der Waals surface area contributed by atoms with Crippen LogP contribution >= 0.6 is 0 Å². The van der Waals surface area contributed by atoms with Crippen molar-refractivity contribution in [3.05, 3.63) is 53.7 Å². The van der Waals surface area contributed by atoms with Gasteiger partial charge < -0.3 is 4.90 Å². The van der Waals surface area contributed by atoms with E-state index in [0.717, 1.165) is 6.42 Å². The topological polar surface area (TPSA) is 3.24 Å². The molecule has 1 rings (SSSR count). The van der Waals surface area contributed by atoms with Crippen LogP contribution in [0.25, 0.3) is 5.57 Å². The molecule has 0 aliphatic heterocycles. The molecule has 0 radical (unpaired) electrons. The summed E-state index contributed by atoms with van der Waals surface area (Å²) in [5, 5.41) is 0. The zero-order valence-corrected chi connectivity index (χ0v) is 10.7. The second kappa shape index (κ2) is 6.16. The fourth-order valence-corrected chi connectivity index (χ4v) is 1.53. The Morgan fingerprint density at radius 3 is 2.31 bits per heavy atom. The predicted octanol–water partition coefficient (Wildman–Crippen LogP) is 3.95. The van der Waals surface area contributed by atoms with E-state index in [4.69, 9.17) is 0 Å². The summed E-state index contributed by atoms with van der Waals surface area (Å²) in [6.07, 6.45) is 5.31. The van der Waals surface area contributed by atoms with Gasteiger partial charge in [-0.15, -0.1) is 0 Å². The highest BCUT2D eigenvalue weighted by Crippen LogP contribution is 2.19. The van der Waals surface area contributed by atoms with Gasteiger partial charge in [0.15, 0.2) is 0 Å². The molecule has 16 heavy (non-hydrogen) atoms. The molecule has 0 heterocycles. The van der Waals surface area contributed by atoms with E-state index in [1.807, 2.05) is 14.1 Å². The van der Waals surface area contributed by atoms with Crippen LogP contribution in [0.3, 0.4) is 0 Å². The Morgan fingerprint density at radius 2 is 1.75 bits per heavy atom. The van der Waals surface area contributed by atoms with Crippen LogP contribution in [0.1, 0.15) is 25.8 Å². The average molecular weight is 215 g/mol. The molecule has 1 aromatic rings. The van der Waals surface area contributed by atoms with E-state index < -0.39 is 0 Å². The van der Waals surface area contributed by atoms with Crippen molar-refractivity contribution in [2.75, 3.05) is 14.1 Å². The van der Waals surface area contributed by atoms with Crippen LogP contribution in [0.4, 0.5) is 0 Å². The average Bonchev–Trinajstić information content (AvgIpc) is 2.28. The van der Waals surface area contributed by atoms with Crippen LogP contribution in [0.15, 0.2) is 48.2 Å². The second-order valence-corrected chi connectivity index (χ2v) is 4.32. The number of nitrogens with zero attached hydrogens (tertiary/aromatic N) is 1. The summed E-state index contributed by atoms with van der Waals surface area (Å²) in [5.41, 5.74) is 4.12. The van der Waals surface area contributed by atoms with Gasteiger partial charge in [-0.25, -0.2) is 0 Å². The Hall–Kier alpha value is -1.50. The first-order chi connectivity index (χ1) is 7.61. The normalized spacial score (nSPS) is 12.8. The molecule has 0 saturated carbocycles. The monoisotopic (exact) mass is 215 g/mol. The van der Waals surface area contributed by atoms with Gasteiger partial charge in [-0.1, -0.05) is 42.0 Å². The van der Waals surface area contributed by atoms with Gasteiger partial charge in [0.25, 0.3) is 0 Å². The third kappa shape index (κ3) is 3.93. The molecule has 86 valence electrons. The Balaban J connectivity index is 2.73. The Morgan fingerprint density at radius 1 is 1.12 bits per heavy atom. The van der Waals surface area contributed by atoms with E-state index in [1.54, 1.807) is 0 Å². The van der Waals surface area contributed by atoms with E-state index in [1.165, 1.54) is 16.7 Å². The van der Waals surface area contributed by atoms with Gasteiger partial charge in [0.1, 0.15) is 0 Å². The number of hydrogen-bond acceptors (Lipinski definition) is 1. The van der Waals surface area contributed by atoms with Crippen molar-refractivity contribution in [1.82, 2.24) is 4.90 Å². The van der Waals surface area contributed by atoms with E-state index in [9.17, 15) is 0 Å². The lowest BCUT2D eigenvalue weighted by atomic mass is 10.0. The van der Waals surface area contributed by atoms with Crippen LogP contribution in [0.2, 0.25) is 0 Å². The summed E-state index contributed by atoms with van der Waals surface area (Å²) in [6, 6.07) is 10.5. The van der Waals surface area contributed by atoms with Crippen LogP contribution in [-0.4, -0.2) is 19.0 Å². The van der Waals surface area contributed by atoms with Gasteiger partial charge in [-0.2, -0.15) is 0 Å². The van der Waals surface area contributed by atoms with Crippen molar-refractivity contribution >= 4 is 5.57 Å². The third-order valence-corrected chi connectivity index (χ3v) is 2.67. The third-order valence-electron chi connectivity index (χ3n) is 2.67. The summed E-state index contributed by atoms with van der Waals surface area (Å²) in [4.78, 5) is 2.06. The van der Waals surface area contributed by atoms with E-state index in [0.29, 0.717) is 0 Å². The maximum atomic E-state index is 2.20. The first-order valence-electron chi connectivity index (χ1n) is 5.66. The van der Waals surface area contributed by atoms with Gasteiger partial charge in [-0.05, 0) is 37.6 Å². The molecule has 1 heteroatoms. The number of rotatable bonds is 4. The molecule has 0 saturated heterocycles. The molecule has 0 spiro atoms. The molecule has 1 nitrogen and oxygen atoms in total. The summed E-state index contributed by atoms with van der Waals surface area (Å²) in [5.74, 6) is 0. The van der Waals surface area contributed by atoms with E-state index >= 15 is 0 Å². The SMILES string of the molecule is CC(C/C=C/N(C)C)=C(C)c1ccccc1. The Bertz CT molecular complexity index is 372. The van der Waals surface area contributed by atoms with Gasteiger partial charge in [0.05, 0.1) is 0 Å². The molecule has 0 N–H and O–H groups in total. The van der Waals surface area contributed by atoms with Crippen molar-refractivity contribution in [1.29, 1.82) is 0 Å². The van der Waals surface area contributed by atoms with Crippen molar-refractivity contribution < 1.29 is 0 Å². The van der Waals surface area contributed by atoms with Crippen molar-refractivity contribution in [3.63, 3.8) is 0 Å². The lowest BCUT2D eigenvalue weighted by Crippen LogP contribution is -1.99. The summed E-state index contributed by atoms with van der Waals surface area (Å²) >= 11 is 0. The van der Waals surface area contributed by atoms with Gasteiger partial charge in [0, 0.05) is 14.1 Å². The molecule has 0 unspecified atom stereocenters. The largest absolute Gasteiger partial charge is 0.384 e. The quantitative estimate of drug-likeness (QED) is 0.735. The van der Waals surface area contributed by atoms with Gasteiger partial charge in [0.2, 0.25) is 0 Å². The first-order valence-corrected chi connectivity index (χ1v) is 5.66. The summed E-state index contributed by atoms with van der Waals surface area (Å²) < 4.78 is 0. The lowest BCUT2D eigenvalue weighted by Gasteiger charge is -2.07. The summed E-state index contributed by atoms with van der Waals surface area (Å²) in [6.45, 7) is 4.39. The first kappa shape index (κ1) is 12.6. The zero-order chi connectivity index (χ0) is 12.0. The minimum Gasteiger partial charge on any atom is -0.384 e. The van der Waals surface area contributed by atoms with Crippen molar-refractivity contribution in [2.24, 2.45) is 0 Å². The van der Waals surface area contributed by atoms with Gasteiger partial charge in [-0.3, -0.25) is 0 Å². The van der Waals surface area contributed by atoms with Crippen LogP contribution in [0, 0.1) is 0 Å². The fraction of sp³-hybridized carbons (Fsp3) is 0.333. The van der Waals surface area contributed by atoms with Crippen molar-refractivity contribution in [2.45, 2.75) is 20.3 Å². The molecule has 0 aliphatic rings. The molecule has 0 bridgehead atoms. The smallest absolute Gasteiger partial charge is 0.00555 e. The van der Waals surface area contributed by atoms with Gasteiger partial charge >= 0.3 is 0 Å². The standard InChI is InChI=1S/C15H21N/c1-13(9-8-12-16(3)4)14(2)15-10-6-5-7-11-15/h5-8,10-12H,9H2,1-4H3/b12-8+,14-13?. The number of hydrogen-bond donors (Lipinski definition) is 0. The van der Waals surface area contributed by atoms with Crippen LogP contribution in [0.5, 0.6) is 0 Å². The lowest BCUT2D eigenvalue weighted by molar-refractivity contribution is 0.562. The molecular formula is C15H21N. The maximum Gasteiger partial charge on any atom is 0.00555 e. The van der Waals surface area contributed by atoms with Crippen LogP contribution < -0.4 is 0 Å². The van der Waals surface area contributed by atoms with E-state index in [2.05, 4.69) is 61.4 Å².